The van der Waals surface area contributed by atoms with Crippen LogP contribution in [0.2, 0.25) is 0 Å². The van der Waals surface area contributed by atoms with Gasteiger partial charge in [-0.3, -0.25) is 4.79 Å². The van der Waals surface area contributed by atoms with E-state index >= 15 is 0 Å². The summed E-state index contributed by atoms with van der Waals surface area (Å²) in [5.41, 5.74) is 3.35. The van der Waals surface area contributed by atoms with Crippen LogP contribution in [0.4, 0.5) is 5.69 Å². The molecule has 0 unspecified atom stereocenters. The molecule has 3 aromatic rings. The molecule has 1 aliphatic carbocycles. The second-order valence-electron chi connectivity index (χ2n) is 5.19. The number of nitrogens with one attached hydrogen (secondary N) is 1. The number of hydrogen-bond donors (Lipinski definition) is 1. The summed E-state index contributed by atoms with van der Waals surface area (Å²) in [6.07, 6.45) is 3.59. The maximum Gasteiger partial charge on any atom is 0.227 e. The molecule has 6 heteroatoms. The number of rotatable bonds is 3. The Morgan fingerprint density at radius 2 is 1.95 bits per heavy atom. The highest BCUT2D eigenvalue weighted by molar-refractivity contribution is 5.94. The molecule has 2 aromatic heterocycles. The molecule has 104 valence electrons. The van der Waals surface area contributed by atoms with Crippen LogP contribution in [0.5, 0.6) is 0 Å². The van der Waals surface area contributed by atoms with Crippen LogP contribution in [0.15, 0.2) is 42.7 Å². The number of amides is 1. The third-order valence-corrected chi connectivity index (χ3v) is 3.56. The van der Waals surface area contributed by atoms with Gasteiger partial charge in [0, 0.05) is 17.2 Å². The summed E-state index contributed by atoms with van der Waals surface area (Å²) in [6.45, 7) is 0. The molecular weight excluding hydrogens is 266 g/mol. The largest absolute Gasteiger partial charge is 0.326 e. The van der Waals surface area contributed by atoms with Gasteiger partial charge in [-0.2, -0.15) is 9.61 Å². The lowest BCUT2D eigenvalue weighted by Crippen LogP contribution is -2.12. The molecule has 1 amide bonds. The Balaban J connectivity index is 1.58. The molecule has 4 rings (SSSR count). The van der Waals surface area contributed by atoms with Gasteiger partial charge in [0.2, 0.25) is 5.91 Å². The van der Waals surface area contributed by atoms with Crippen molar-refractivity contribution in [3.8, 4) is 11.3 Å². The lowest BCUT2D eigenvalue weighted by molar-refractivity contribution is -0.117. The number of carbonyl (C=O) groups is 1. The normalized spacial score (nSPS) is 14.3. The van der Waals surface area contributed by atoms with Crippen molar-refractivity contribution in [3.05, 3.63) is 42.7 Å². The van der Waals surface area contributed by atoms with Gasteiger partial charge in [-0.1, -0.05) is 12.1 Å². The van der Waals surface area contributed by atoms with E-state index in [0.29, 0.717) is 5.65 Å². The van der Waals surface area contributed by atoms with Gasteiger partial charge in [-0.05, 0) is 37.1 Å². The number of carbonyl (C=O) groups excluding carboxylic acids is 1. The molecule has 21 heavy (non-hydrogen) atoms. The van der Waals surface area contributed by atoms with Gasteiger partial charge in [-0.15, -0.1) is 10.2 Å². The van der Waals surface area contributed by atoms with Crippen molar-refractivity contribution >= 4 is 17.2 Å². The van der Waals surface area contributed by atoms with E-state index in [4.69, 9.17) is 0 Å². The van der Waals surface area contributed by atoms with Crippen molar-refractivity contribution in [1.29, 1.82) is 0 Å². The van der Waals surface area contributed by atoms with Crippen LogP contribution in [-0.4, -0.2) is 25.7 Å². The number of anilines is 1. The third kappa shape index (κ3) is 2.35. The molecule has 0 saturated heterocycles. The predicted octanol–water partition coefficient (Wildman–Crippen LogP) is 2.14. The van der Waals surface area contributed by atoms with Gasteiger partial charge in [0.15, 0.2) is 5.65 Å². The van der Waals surface area contributed by atoms with Gasteiger partial charge in [0.05, 0.1) is 5.69 Å². The summed E-state index contributed by atoms with van der Waals surface area (Å²) in [6, 6.07) is 11.5. The zero-order valence-electron chi connectivity index (χ0n) is 11.2. The van der Waals surface area contributed by atoms with Crippen molar-refractivity contribution in [2.75, 3.05) is 5.32 Å². The van der Waals surface area contributed by atoms with Crippen molar-refractivity contribution in [1.82, 2.24) is 19.8 Å². The van der Waals surface area contributed by atoms with Crippen LogP contribution in [0.3, 0.4) is 0 Å². The first-order chi connectivity index (χ1) is 10.3. The molecule has 0 bridgehead atoms. The second kappa shape index (κ2) is 4.66. The van der Waals surface area contributed by atoms with Crippen LogP contribution >= 0.6 is 0 Å². The molecule has 6 nitrogen and oxygen atoms in total. The average Bonchev–Trinajstić information content (AvgIpc) is 3.26. The number of benzene rings is 1. The van der Waals surface area contributed by atoms with Crippen LogP contribution in [0, 0.1) is 5.92 Å². The number of hydrogen-bond acceptors (Lipinski definition) is 4. The zero-order chi connectivity index (χ0) is 14.2. The summed E-state index contributed by atoms with van der Waals surface area (Å²) in [7, 11) is 0. The highest BCUT2D eigenvalue weighted by atomic mass is 16.2. The summed E-state index contributed by atoms with van der Waals surface area (Å²) in [5, 5.41) is 15.1. The fourth-order valence-corrected chi connectivity index (χ4v) is 2.20. The van der Waals surface area contributed by atoms with Gasteiger partial charge < -0.3 is 5.32 Å². The van der Waals surface area contributed by atoms with Crippen LogP contribution in [0.1, 0.15) is 12.8 Å². The van der Waals surface area contributed by atoms with E-state index in [1.807, 2.05) is 36.4 Å². The Labute approximate surface area is 120 Å². The van der Waals surface area contributed by atoms with E-state index in [-0.39, 0.29) is 11.8 Å². The molecular formula is C15H13N5O. The Bertz CT molecular complexity index is 804. The average molecular weight is 279 g/mol. The summed E-state index contributed by atoms with van der Waals surface area (Å²) in [5.74, 6) is 0.328. The van der Waals surface area contributed by atoms with Gasteiger partial charge in [-0.25, -0.2) is 0 Å². The summed E-state index contributed by atoms with van der Waals surface area (Å²) >= 11 is 0. The SMILES string of the molecule is O=C(Nc1ccc(-c2ccc3nncn3n2)cc1)C1CC1. The van der Waals surface area contributed by atoms with Crippen molar-refractivity contribution in [3.63, 3.8) is 0 Å². The Kier molecular flexibility index (Phi) is 2.67. The first-order valence-electron chi connectivity index (χ1n) is 6.88. The monoisotopic (exact) mass is 279 g/mol. The molecule has 1 fully saturated rings. The molecule has 0 radical (unpaired) electrons. The second-order valence-corrected chi connectivity index (χ2v) is 5.19. The van der Waals surface area contributed by atoms with E-state index in [9.17, 15) is 4.79 Å². The van der Waals surface area contributed by atoms with E-state index in [1.165, 1.54) is 0 Å². The van der Waals surface area contributed by atoms with E-state index in [1.54, 1.807) is 10.8 Å². The lowest BCUT2D eigenvalue weighted by atomic mass is 10.1. The quantitative estimate of drug-likeness (QED) is 0.797. The van der Waals surface area contributed by atoms with E-state index in [0.717, 1.165) is 29.8 Å². The minimum Gasteiger partial charge on any atom is -0.326 e. The topological polar surface area (TPSA) is 72.2 Å². The number of aromatic nitrogens is 4. The molecule has 0 spiro atoms. The number of fused-ring (bicyclic) bond motifs is 1. The van der Waals surface area contributed by atoms with Crippen LogP contribution in [-0.2, 0) is 4.79 Å². The molecule has 1 N–H and O–H groups in total. The fraction of sp³-hybridized carbons (Fsp3) is 0.200. The smallest absolute Gasteiger partial charge is 0.227 e. The Morgan fingerprint density at radius 1 is 1.14 bits per heavy atom. The fourth-order valence-electron chi connectivity index (χ4n) is 2.20. The first kappa shape index (κ1) is 12.0. The van der Waals surface area contributed by atoms with Gasteiger partial charge in [0.25, 0.3) is 0 Å². The van der Waals surface area contributed by atoms with Crippen molar-refractivity contribution in [2.45, 2.75) is 12.8 Å². The van der Waals surface area contributed by atoms with Crippen molar-refractivity contribution < 1.29 is 4.79 Å². The highest BCUT2D eigenvalue weighted by Gasteiger charge is 2.29. The van der Waals surface area contributed by atoms with Crippen LogP contribution in [0.25, 0.3) is 16.9 Å². The minimum atomic E-state index is 0.117. The molecule has 1 aromatic carbocycles. The summed E-state index contributed by atoms with van der Waals surface area (Å²) in [4.78, 5) is 11.7. The third-order valence-electron chi connectivity index (χ3n) is 3.56. The molecule has 1 saturated carbocycles. The molecule has 2 heterocycles. The summed E-state index contributed by atoms with van der Waals surface area (Å²) < 4.78 is 1.64. The maximum atomic E-state index is 11.7. The van der Waals surface area contributed by atoms with Gasteiger partial charge >= 0.3 is 0 Å². The van der Waals surface area contributed by atoms with Gasteiger partial charge in [0.1, 0.15) is 6.33 Å². The first-order valence-corrected chi connectivity index (χ1v) is 6.88. The minimum absolute atomic E-state index is 0.117. The maximum absolute atomic E-state index is 11.7. The molecule has 1 aliphatic rings. The molecule has 0 aliphatic heterocycles. The zero-order valence-corrected chi connectivity index (χ0v) is 11.2. The highest BCUT2D eigenvalue weighted by Crippen LogP contribution is 2.30. The van der Waals surface area contributed by atoms with Crippen LogP contribution < -0.4 is 5.32 Å². The standard InChI is InChI=1S/C15H13N5O/c21-15(11-1-2-11)17-12-5-3-10(4-6-12)13-7-8-14-18-16-9-20(14)19-13/h3-9,11H,1-2H2,(H,17,21). The lowest BCUT2D eigenvalue weighted by Gasteiger charge is -2.06. The van der Waals surface area contributed by atoms with E-state index in [2.05, 4.69) is 20.6 Å². The van der Waals surface area contributed by atoms with Crippen molar-refractivity contribution in [2.24, 2.45) is 5.92 Å². The predicted molar refractivity (Wildman–Crippen MR) is 77.6 cm³/mol. The Morgan fingerprint density at radius 3 is 2.71 bits per heavy atom. The Hall–Kier alpha value is -2.76. The van der Waals surface area contributed by atoms with E-state index < -0.39 is 0 Å². The number of nitrogens with zero attached hydrogens (tertiary/aromatic N) is 4. The molecule has 0 atom stereocenters.